The molecule has 1 atom stereocenters. The lowest BCUT2D eigenvalue weighted by atomic mass is 10.1. The summed E-state index contributed by atoms with van der Waals surface area (Å²) in [6.45, 7) is 3.22. The van der Waals surface area contributed by atoms with Gasteiger partial charge in [-0.05, 0) is 37.0 Å². The van der Waals surface area contributed by atoms with E-state index in [-0.39, 0.29) is 36.6 Å². The lowest BCUT2D eigenvalue weighted by Gasteiger charge is -2.15. The van der Waals surface area contributed by atoms with Gasteiger partial charge in [-0.2, -0.15) is 0 Å². The lowest BCUT2D eigenvalue weighted by Crippen LogP contribution is -2.46. The van der Waals surface area contributed by atoms with Crippen LogP contribution in [0.3, 0.4) is 0 Å². The monoisotopic (exact) mass is 422 g/mol. The molecule has 1 saturated carbocycles. The van der Waals surface area contributed by atoms with E-state index in [0.717, 1.165) is 25.0 Å². The fourth-order valence-electron chi connectivity index (χ4n) is 2.06. The normalized spacial score (nSPS) is 15.0. The Morgan fingerprint density at radius 1 is 1.30 bits per heavy atom. The van der Waals surface area contributed by atoms with Gasteiger partial charge >= 0.3 is 0 Å². The van der Waals surface area contributed by atoms with Crippen molar-refractivity contribution in [1.29, 1.82) is 0 Å². The number of hydrogen-bond donors (Lipinski definition) is 4. The maximum atomic E-state index is 13.9. The number of carbonyl (C=O) groups is 2. The molecule has 11 heteroatoms. The Morgan fingerprint density at radius 3 is 2.48 bits per heavy atom. The maximum Gasteiger partial charge on any atom is 0.243 e. The van der Waals surface area contributed by atoms with Gasteiger partial charge in [0.15, 0.2) is 0 Å². The number of anilines is 1. The average Bonchev–Trinajstić information content (AvgIpc) is 3.36. The summed E-state index contributed by atoms with van der Waals surface area (Å²) in [6, 6.07) is 2.34. The fraction of sp³-hybridized carbons (Fsp3) is 0.500. The molecule has 1 aromatic rings. The number of sulfonamides is 1. The van der Waals surface area contributed by atoms with Crippen molar-refractivity contribution < 1.29 is 22.4 Å². The van der Waals surface area contributed by atoms with E-state index >= 15 is 0 Å². The molecule has 1 aliphatic carbocycles. The highest BCUT2D eigenvalue weighted by Crippen LogP contribution is 2.25. The SMILES string of the molecule is CC(C)[C@H](N)C(=O)NCC(=O)Nc1ccc(F)c(S(=O)(=O)NC2CC2)c1.Cl. The summed E-state index contributed by atoms with van der Waals surface area (Å²) in [4.78, 5) is 23.1. The van der Waals surface area contributed by atoms with E-state index in [1.165, 1.54) is 6.07 Å². The van der Waals surface area contributed by atoms with E-state index < -0.39 is 38.6 Å². The first kappa shape index (κ1) is 23.3. The van der Waals surface area contributed by atoms with Gasteiger partial charge in [0, 0.05) is 11.7 Å². The second-order valence-electron chi connectivity index (χ2n) is 6.58. The van der Waals surface area contributed by atoms with E-state index in [4.69, 9.17) is 5.73 Å². The summed E-state index contributed by atoms with van der Waals surface area (Å²) < 4.78 is 40.6. The van der Waals surface area contributed by atoms with Crippen LogP contribution in [0, 0.1) is 11.7 Å². The largest absolute Gasteiger partial charge is 0.346 e. The molecule has 0 bridgehead atoms. The van der Waals surface area contributed by atoms with Crippen molar-refractivity contribution >= 4 is 39.9 Å². The van der Waals surface area contributed by atoms with Crippen molar-refractivity contribution in [2.45, 2.75) is 43.7 Å². The van der Waals surface area contributed by atoms with Gasteiger partial charge in [0.2, 0.25) is 21.8 Å². The summed E-state index contributed by atoms with van der Waals surface area (Å²) in [5.41, 5.74) is 5.78. The second-order valence-corrected chi connectivity index (χ2v) is 8.26. The van der Waals surface area contributed by atoms with Gasteiger partial charge < -0.3 is 16.4 Å². The van der Waals surface area contributed by atoms with Crippen molar-refractivity contribution in [3.63, 3.8) is 0 Å². The Labute approximate surface area is 163 Å². The van der Waals surface area contributed by atoms with Crippen LogP contribution in [0.4, 0.5) is 10.1 Å². The molecule has 0 saturated heterocycles. The predicted molar refractivity (Wildman–Crippen MR) is 101 cm³/mol. The molecule has 1 aliphatic rings. The highest BCUT2D eigenvalue weighted by Gasteiger charge is 2.30. The Bertz CT molecular complexity index is 800. The number of carbonyl (C=O) groups excluding carboxylic acids is 2. The zero-order valence-corrected chi connectivity index (χ0v) is 16.6. The highest BCUT2D eigenvalue weighted by molar-refractivity contribution is 7.89. The zero-order valence-electron chi connectivity index (χ0n) is 15.0. The van der Waals surface area contributed by atoms with Crippen molar-refractivity contribution in [3.05, 3.63) is 24.0 Å². The first-order valence-electron chi connectivity index (χ1n) is 8.25. The minimum atomic E-state index is -4.00. The van der Waals surface area contributed by atoms with Gasteiger partial charge in [-0.3, -0.25) is 9.59 Å². The topological polar surface area (TPSA) is 130 Å². The van der Waals surface area contributed by atoms with Crippen LogP contribution in [0.1, 0.15) is 26.7 Å². The molecule has 152 valence electrons. The Kier molecular flexibility index (Phi) is 8.15. The summed E-state index contributed by atoms with van der Waals surface area (Å²) in [7, 11) is -4.00. The minimum Gasteiger partial charge on any atom is -0.346 e. The first-order valence-corrected chi connectivity index (χ1v) is 9.73. The summed E-state index contributed by atoms with van der Waals surface area (Å²) in [6.07, 6.45) is 1.44. The van der Waals surface area contributed by atoms with E-state index in [0.29, 0.717) is 0 Å². The van der Waals surface area contributed by atoms with Gasteiger partial charge in [0.05, 0.1) is 12.6 Å². The summed E-state index contributed by atoms with van der Waals surface area (Å²) in [5.74, 6) is -2.04. The van der Waals surface area contributed by atoms with Gasteiger partial charge in [0.1, 0.15) is 10.7 Å². The third-order valence-electron chi connectivity index (χ3n) is 3.85. The number of hydrogen-bond acceptors (Lipinski definition) is 5. The molecule has 5 N–H and O–H groups in total. The predicted octanol–water partition coefficient (Wildman–Crippen LogP) is 0.726. The van der Waals surface area contributed by atoms with Crippen LogP contribution in [-0.2, 0) is 19.6 Å². The molecule has 0 heterocycles. The standard InChI is InChI=1S/C16H23FN4O4S.ClH/c1-9(2)15(18)16(23)19-8-14(22)20-11-5-6-12(17)13(7-11)26(24,25)21-10-3-4-10;/h5-7,9-10,15,21H,3-4,8,18H2,1-2H3,(H,19,23)(H,20,22);1H/t15-;/m0./s1. The van der Waals surface area contributed by atoms with Gasteiger partial charge in [-0.1, -0.05) is 13.8 Å². The quantitative estimate of drug-likeness (QED) is 0.490. The van der Waals surface area contributed by atoms with Crippen LogP contribution in [0.15, 0.2) is 23.1 Å². The highest BCUT2D eigenvalue weighted by atomic mass is 35.5. The molecule has 2 amide bonds. The average molecular weight is 423 g/mol. The number of nitrogens with two attached hydrogens (primary N) is 1. The van der Waals surface area contributed by atoms with Crippen molar-refractivity contribution in [2.24, 2.45) is 11.7 Å². The van der Waals surface area contributed by atoms with Gasteiger partial charge in [-0.25, -0.2) is 17.5 Å². The second kappa shape index (κ2) is 9.45. The zero-order chi connectivity index (χ0) is 19.5. The minimum absolute atomic E-state index is 0. The number of benzene rings is 1. The van der Waals surface area contributed by atoms with E-state index in [9.17, 15) is 22.4 Å². The lowest BCUT2D eigenvalue weighted by molar-refractivity contribution is -0.125. The van der Waals surface area contributed by atoms with E-state index in [2.05, 4.69) is 15.4 Å². The number of halogens is 2. The van der Waals surface area contributed by atoms with E-state index in [1.54, 1.807) is 13.8 Å². The number of rotatable bonds is 8. The number of amides is 2. The molecular formula is C16H24ClFN4O4S. The third kappa shape index (κ3) is 6.73. The number of nitrogens with one attached hydrogen (secondary N) is 3. The molecular weight excluding hydrogens is 399 g/mol. The maximum absolute atomic E-state index is 13.9. The molecule has 0 spiro atoms. The fourth-order valence-corrected chi connectivity index (χ4v) is 3.47. The molecule has 27 heavy (non-hydrogen) atoms. The third-order valence-corrected chi connectivity index (χ3v) is 5.38. The van der Waals surface area contributed by atoms with Gasteiger partial charge in [0.25, 0.3) is 0 Å². The van der Waals surface area contributed by atoms with Crippen molar-refractivity contribution in [2.75, 3.05) is 11.9 Å². The molecule has 0 aromatic heterocycles. The smallest absolute Gasteiger partial charge is 0.243 e. The molecule has 0 aliphatic heterocycles. The summed E-state index contributed by atoms with van der Waals surface area (Å²) >= 11 is 0. The molecule has 1 aromatic carbocycles. The summed E-state index contributed by atoms with van der Waals surface area (Å²) in [5, 5.41) is 4.81. The first-order chi connectivity index (χ1) is 12.1. The molecule has 1 fully saturated rings. The molecule has 2 rings (SSSR count). The Balaban J connectivity index is 0.00000364. The Hall–Kier alpha value is -1.75. The van der Waals surface area contributed by atoms with Crippen LogP contribution in [0.25, 0.3) is 0 Å². The molecule has 0 radical (unpaired) electrons. The van der Waals surface area contributed by atoms with Crippen LogP contribution < -0.4 is 21.1 Å². The van der Waals surface area contributed by atoms with Crippen molar-refractivity contribution in [3.8, 4) is 0 Å². The van der Waals surface area contributed by atoms with Crippen LogP contribution >= 0.6 is 12.4 Å². The van der Waals surface area contributed by atoms with Gasteiger partial charge in [-0.15, -0.1) is 12.4 Å². The van der Waals surface area contributed by atoms with Crippen molar-refractivity contribution in [1.82, 2.24) is 10.0 Å². The van der Waals surface area contributed by atoms with Crippen LogP contribution in [0.5, 0.6) is 0 Å². The Morgan fingerprint density at radius 2 is 1.93 bits per heavy atom. The van der Waals surface area contributed by atoms with Crippen LogP contribution in [0.2, 0.25) is 0 Å². The molecule has 0 unspecified atom stereocenters. The van der Waals surface area contributed by atoms with E-state index in [1.807, 2.05) is 0 Å². The molecule has 8 nitrogen and oxygen atoms in total. The van der Waals surface area contributed by atoms with Crippen LogP contribution in [-0.4, -0.2) is 38.9 Å².